The van der Waals surface area contributed by atoms with Crippen molar-refractivity contribution in [1.82, 2.24) is 5.32 Å². The molecule has 1 amide bonds. The predicted octanol–water partition coefficient (Wildman–Crippen LogP) is 2.03. The lowest BCUT2D eigenvalue weighted by Crippen LogP contribution is -2.39. The highest BCUT2D eigenvalue weighted by Gasteiger charge is 2.16. The summed E-state index contributed by atoms with van der Waals surface area (Å²) in [4.78, 5) is 11.6. The average molecular weight is 234 g/mol. The smallest absolute Gasteiger partial charge is 0.221 e. The molecule has 0 aliphatic carbocycles. The number of hydrogen-bond acceptors (Lipinski definition) is 2. The van der Waals surface area contributed by atoms with Gasteiger partial charge >= 0.3 is 0 Å². The SMILES string of the molecule is CC(CNC(=O)CC(C)(C)N)c1ccccc1. The van der Waals surface area contributed by atoms with Crippen LogP contribution in [-0.2, 0) is 4.79 Å². The van der Waals surface area contributed by atoms with Crippen LogP contribution in [0.4, 0.5) is 0 Å². The normalized spacial score (nSPS) is 13.2. The molecule has 1 rings (SSSR count). The number of carbonyl (C=O) groups excluding carboxylic acids is 1. The van der Waals surface area contributed by atoms with Gasteiger partial charge in [-0.2, -0.15) is 0 Å². The van der Waals surface area contributed by atoms with E-state index in [9.17, 15) is 4.79 Å². The largest absolute Gasteiger partial charge is 0.355 e. The minimum absolute atomic E-state index is 0.0141. The molecule has 94 valence electrons. The van der Waals surface area contributed by atoms with Crippen LogP contribution >= 0.6 is 0 Å². The summed E-state index contributed by atoms with van der Waals surface area (Å²) < 4.78 is 0. The van der Waals surface area contributed by atoms with Crippen LogP contribution in [0.2, 0.25) is 0 Å². The Morgan fingerprint density at radius 3 is 2.47 bits per heavy atom. The molecule has 0 bridgehead atoms. The van der Waals surface area contributed by atoms with Crippen molar-refractivity contribution >= 4 is 5.91 Å². The van der Waals surface area contributed by atoms with Crippen molar-refractivity contribution in [1.29, 1.82) is 0 Å². The highest BCUT2D eigenvalue weighted by molar-refractivity contribution is 5.77. The van der Waals surface area contributed by atoms with Gasteiger partial charge in [0, 0.05) is 18.5 Å². The molecule has 0 fully saturated rings. The Morgan fingerprint density at radius 1 is 1.35 bits per heavy atom. The third-order valence-corrected chi connectivity index (χ3v) is 2.59. The van der Waals surface area contributed by atoms with E-state index in [0.717, 1.165) is 0 Å². The lowest BCUT2D eigenvalue weighted by molar-refractivity contribution is -0.122. The summed E-state index contributed by atoms with van der Waals surface area (Å²) in [6.07, 6.45) is 0.356. The second-order valence-corrected chi connectivity index (χ2v) is 5.28. The minimum atomic E-state index is -0.444. The summed E-state index contributed by atoms with van der Waals surface area (Å²) in [5.74, 6) is 0.335. The zero-order chi connectivity index (χ0) is 12.9. The topological polar surface area (TPSA) is 55.1 Å². The molecule has 1 aromatic rings. The molecule has 0 aliphatic rings. The molecular weight excluding hydrogens is 212 g/mol. The third kappa shape index (κ3) is 5.50. The van der Waals surface area contributed by atoms with Crippen molar-refractivity contribution in [3.8, 4) is 0 Å². The van der Waals surface area contributed by atoms with Gasteiger partial charge in [0.25, 0.3) is 0 Å². The molecule has 1 aromatic carbocycles. The van der Waals surface area contributed by atoms with Gasteiger partial charge in [-0.05, 0) is 25.3 Å². The lowest BCUT2D eigenvalue weighted by atomic mass is 10.00. The lowest BCUT2D eigenvalue weighted by Gasteiger charge is -2.19. The summed E-state index contributed by atoms with van der Waals surface area (Å²) in [5.41, 5.74) is 6.58. The second-order valence-electron chi connectivity index (χ2n) is 5.28. The Kier molecular flexibility index (Phi) is 4.70. The molecular formula is C14H22N2O. The van der Waals surface area contributed by atoms with Crippen LogP contribution in [0.25, 0.3) is 0 Å². The van der Waals surface area contributed by atoms with E-state index in [0.29, 0.717) is 18.9 Å². The van der Waals surface area contributed by atoms with E-state index in [2.05, 4.69) is 24.4 Å². The summed E-state index contributed by atoms with van der Waals surface area (Å²) in [7, 11) is 0. The first-order chi connectivity index (χ1) is 7.88. The van der Waals surface area contributed by atoms with Crippen LogP contribution < -0.4 is 11.1 Å². The highest BCUT2D eigenvalue weighted by Crippen LogP contribution is 2.13. The number of benzene rings is 1. The van der Waals surface area contributed by atoms with Crippen LogP contribution in [0, 0.1) is 0 Å². The first kappa shape index (κ1) is 13.7. The van der Waals surface area contributed by atoms with Crippen molar-refractivity contribution in [3.05, 3.63) is 35.9 Å². The van der Waals surface area contributed by atoms with Gasteiger partial charge in [0.05, 0.1) is 0 Å². The molecule has 3 nitrogen and oxygen atoms in total. The summed E-state index contributed by atoms with van der Waals surface area (Å²) in [6.45, 7) is 6.46. The highest BCUT2D eigenvalue weighted by atomic mass is 16.1. The van der Waals surface area contributed by atoms with Crippen LogP contribution in [0.1, 0.15) is 38.7 Å². The Morgan fingerprint density at radius 2 is 1.94 bits per heavy atom. The van der Waals surface area contributed by atoms with Gasteiger partial charge in [0.1, 0.15) is 0 Å². The van der Waals surface area contributed by atoms with Gasteiger partial charge in [0.2, 0.25) is 5.91 Å². The average Bonchev–Trinajstić information content (AvgIpc) is 2.25. The van der Waals surface area contributed by atoms with E-state index in [4.69, 9.17) is 5.73 Å². The maximum atomic E-state index is 11.6. The maximum absolute atomic E-state index is 11.6. The number of nitrogens with one attached hydrogen (secondary N) is 1. The first-order valence-corrected chi connectivity index (χ1v) is 5.99. The van der Waals surface area contributed by atoms with Crippen LogP contribution in [0.5, 0.6) is 0 Å². The monoisotopic (exact) mass is 234 g/mol. The van der Waals surface area contributed by atoms with Crippen molar-refractivity contribution in [2.45, 2.75) is 38.6 Å². The second kappa shape index (κ2) is 5.82. The van der Waals surface area contributed by atoms with Gasteiger partial charge in [-0.25, -0.2) is 0 Å². The van der Waals surface area contributed by atoms with Gasteiger partial charge < -0.3 is 11.1 Å². The van der Waals surface area contributed by atoms with Crippen LogP contribution in [0.15, 0.2) is 30.3 Å². The maximum Gasteiger partial charge on any atom is 0.221 e. The Bertz CT molecular complexity index is 354. The van der Waals surface area contributed by atoms with Crippen LogP contribution in [-0.4, -0.2) is 18.0 Å². The number of rotatable bonds is 5. The summed E-state index contributed by atoms with van der Waals surface area (Å²) >= 11 is 0. The molecule has 1 unspecified atom stereocenters. The van der Waals surface area contributed by atoms with E-state index in [1.807, 2.05) is 32.0 Å². The van der Waals surface area contributed by atoms with E-state index in [1.54, 1.807) is 0 Å². The zero-order valence-corrected chi connectivity index (χ0v) is 10.9. The van der Waals surface area contributed by atoms with E-state index in [1.165, 1.54) is 5.56 Å². The van der Waals surface area contributed by atoms with Crippen molar-refractivity contribution in [3.63, 3.8) is 0 Å². The molecule has 0 spiro atoms. The molecule has 0 saturated carbocycles. The fraction of sp³-hybridized carbons (Fsp3) is 0.500. The van der Waals surface area contributed by atoms with Crippen molar-refractivity contribution < 1.29 is 4.79 Å². The zero-order valence-electron chi connectivity index (χ0n) is 10.9. The van der Waals surface area contributed by atoms with Gasteiger partial charge in [-0.3, -0.25) is 4.79 Å². The number of hydrogen-bond donors (Lipinski definition) is 2. The molecule has 0 radical (unpaired) electrons. The summed E-state index contributed by atoms with van der Waals surface area (Å²) in [5, 5.41) is 2.92. The van der Waals surface area contributed by atoms with Gasteiger partial charge in [-0.15, -0.1) is 0 Å². The molecule has 1 atom stereocenters. The molecule has 0 saturated heterocycles. The molecule has 3 heteroatoms. The summed E-state index contributed by atoms with van der Waals surface area (Å²) in [6, 6.07) is 10.2. The number of amides is 1. The fourth-order valence-electron chi connectivity index (χ4n) is 1.64. The van der Waals surface area contributed by atoms with Gasteiger partial charge in [-0.1, -0.05) is 37.3 Å². The van der Waals surface area contributed by atoms with Crippen LogP contribution in [0.3, 0.4) is 0 Å². The molecule has 0 aromatic heterocycles. The van der Waals surface area contributed by atoms with Crippen molar-refractivity contribution in [2.75, 3.05) is 6.54 Å². The Balaban J connectivity index is 2.39. The quantitative estimate of drug-likeness (QED) is 0.819. The standard InChI is InChI=1S/C14H22N2O/c1-11(12-7-5-4-6-8-12)10-16-13(17)9-14(2,3)15/h4-8,11H,9-10,15H2,1-3H3,(H,16,17). The minimum Gasteiger partial charge on any atom is -0.355 e. The Hall–Kier alpha value is -1.35. The predicted molar refractivity (Wildman–Crippen MR) is 70.8 cm³/mol. The molecule has 0 heterocycles. The number of carbonyl (C=O) groups is 1. The van der Waals surface area contributed by atoms with E-state index in [-0.39, 0.29) is 5.91 Å². The van der Waals surface area contributed by atoms with E-state index < -0.39 is 5.54 Å². The number of nitrogens with two attached hydrogens (primary N) is 1. The van der Waals surface area contributed by atoms with Gasteiger partial charge in [0.15, 0.2) is 0 Å². The van der Waals surface area contributed by atoms with Crippen molar-refractivity contribution in [2.24, 2.45) is 5.73 Å². The molecule has 3 N–H and O–H groups in total. The fourth-order valence-corrected chi connectivity index (χ4v) is 1.64. The first-order valence-electron chi connectivity index (χ1n) is 5.99. The molecule has 0 aliphatic heterocycles. The third-order valence-electron chi connectivity index (χ3n) is 2.59. The Labute approximate surface area is 103 Å². The molecule has 17 heavy (non-hydrogen) atoms. The van der Waals surface area contributed by atoms with E-state index >= 15 is 0 Å².